The van der Waals surface area contributed by atoms with Gasteiger partial charge in [0.2, 0.25) is 11.7 Å². The molecule has 4 nitrogen and oxygen atoms in total. The lowest BCUT2D eigenvalue weighted by molar-refractivity contribution is 0.120. The Morgan fingerprint density at radius 2 is 2.00 bits per heavy atom. The highest BCUT2D eigenvalue weighted by Gasteiger charge is 2.27. The Kier molecular flexibility index (Phi) is 4.40. The summed E-state index contributed by atoms with van der Waals surface area (Å²) in [6.45, 7) is 5.61. The lowest BCUT2D eigenvalue weighted by atomic mass is 9.91. The van der Waals surface area contributed by atoms with E-state index in [9.17, 15) is 9.50 Å². The summed E-state index contributed by atoms with van der Waals surface area (Å²) in [6.07, 6.45) is -0.605. The minimum Gasteiger partial charge on any atom is -0.393 e. The summed E-state index contributed by atoms with van der Waals surface area (Å²) in [7, 11) is 0. The lowest BCUT2D eigenvalue weighted by Gasteiger charge is -2.19. The van der Waals surface area contributed by atoms with E-state index in [4.69, 9.17) is 16.1 Å². The Balaban J connectivity index is 2.37. The summed E-state index contributed by atoms with van der Waals surface area (Å²) >= 11 is 5.97. The number of aliphatic hydroxyl groups is 1. The highest BCUT2D eigenvalue weighted by Crippen LogP contribution is 2.31. The molecule has 2 rings (SSSR count). The molecule has 0 amide bonds. The molecule has 0 saturated carbocycles. The summed E-state index contributed by atoms with van der Waals surface area (Å²) in [5.41, 5.74) is 0.496. The van der Waals surface area contributed by atoms with Crippen LogP contribution in [0.4, 0.5) is 4.39 Å². The van der Waals surface area contributed by atoms with E-state index >= 15 is 0 Å². The maximum Gasteiger partial charge on any atom is 0.232 e. The van der Waals surface area contributed by atoms with Crippen molar-refractivity contribution < 1.29 is 14.0 Å². The molecular formula is C14H16ClFN2O2. The number of nitrogens with zero attached hydrogens (tertiary/aromatic N) is 2. The first-order valence-electron chi connectivity index (χ1n) is 6.37. The largest absolute Gasteiger partial charge is 0.393 e. The quantitative estimate of drug-likeness (QED) is 0.936. The van der Waals surface area contributed by atoms with Crippen molar-refractivity contribution in [3.8, 4) is 11.4 Å². The fourth-order valence-electron chi connectivity index (χ4n) is 2.20. The molecule has 2 unspecified atom stereocenters. The number of hydrogen-bond donors (Lipinski definition) is 1. The lowest BCUT2D eigenvalue weighted by Crippen LogP contribution is -2.20. The Labute approximate surface area is 121 Å². The molecule has 6 heteroatoms. The van der Waals surface area contributed by atoms with Crippen molar-refractivity contribution in [2.45, 2.75) is 32.8 Å². The van der Waals surface area contributed by atoms with Gasteiger partial charge in [-0.3, -0.25) is 0 Å². The van der Waals surface area contributed by atoms with Crippen LogP contribution in [0, 0.1) is 11.7 Å². The Morgan fingerprint density at radius 1 is 1.30 bits per heavy atom. The molecule has 2 atom stereocenters. The zero-order chi connectivity index (χ0) is 14.9. The van der Waals surface area contributed by atoms with Crippen LogP contribution in [0.5, 0.6) is 0 Å². The fraction of sp³-hybridized carbons (Fsp3) is 0.429. The highest BCUT2D eigenvalue weighted by atomic mass is 35.5. The molecule has 0 saturated heterocycles. The maximum absolute atomic E-state index is 13.0. The zero-order valence-corrected chi connectivity index (χ0v) is 12.2. The molecule has 0 radical (unpaired) electrons. The number of benzene rings is 1. The normalized spacial score (nSPS) is 14.6. The molecule has 0 bridgehead atoms. The molecule has 1 aromatic heterocycles. The van der Waals surface area contributed by atoms with Crippen LogP contribution in [-0.4, -0.2) is 21.4 Å². The van der Waals surface area contributed by atoms with Crippen LogP contribution in [0.1, 0.15) is 32.6 Å². The third kappa shape index (κ3) is 2.99. The molecule has 1 N–H and O–H groups in total. The van der Waals surface area contributed by atoms with Gasteiger partial charge in [0, 0.05) is 5.56 Å². The van der Waals surface area contributed by atoms with Gasteiger partial charge in [-0.2, -0.15) is 4.98 Å². The van der Waals surface area contributed by atoms with Crippen LogP contribution < -0.4 is 0 Å². The third-order valence-electron chi connectivity index (χ3n) is 3.14. The molecule has 0 aliphatic heterocycles. The van der Waals surface area contributed by atoms with Crippen molar-refractivity contribution in [2.24, 2.45) is 5.92 Å². The van der Waals surface area contributed by atoms with Crippen molar-refractivity contribution in [2.75, 3.05) is 0 Å². The molecular weight excluding hydrogens is 283 g/mol. The van der Waals surface area contributed by atoms with E-state index in [1.807, 2.05) is 13.8 Å². The van der Waals surface area contributed by atoms with Gasteiger partial charge in [0.15, 0.2) is 0 Å². The number of halogens is 2. The maximum atomic E-state index is 13.0. The molecule has 1 aromatic carbocycles. The summed E-state index contributed by atoms with van der Waals surface area (Å²) in [4.78, 5) is 4.27. The van der Waals surface area contributed by atoms with Crippen molar-refractivity contribution in [3.63, 3.8) is 0 Å². The molecule has 20 heavy (non-hydrogen) atoms. The predicted molar refractivity (Wildman–Crippen MR) is 74.0 cm³/mol. The van der Waals surface area contributed by atoms with Crippen LogP contribution in [0.2, 0.25) is 5.02 Å². The molecule has 0 fully saturated rings. The van der Waals surface area contributed by atoms with E-state index in [1.54, 1.807) is 6.92 Å². The van der Waals surface area contributed by atoms with Crippen LogP contribution in [0.3, 0.4) is 0 Å². The second-order valence-corrected chi connectivity index (χ2v) is 5.50. The van der Waals surface area contributed by atoms with E-state index in [0.29, 0.717) is 11.5 Å². The average molecular weight is 299 g/mol. The van der Waals surface area contributed by atoms with Gasteiger partial charge >= 0.3 is 0 Å². The van der Waals surface area contributed by atoms with Gasteiger partial charge in [-0.05, 0) is 31.0 Å². The van der Waals surface area contributed by atoms with Crippen molar-refractivity contribution in [3.05, 3.63) is 34.9 Å². The molecule has 0 aliphatic rings. The standard InChI is InChI=1S/C14H16ClFN2O2/c1-7(2)12(8(3)19)14-17-13(18-20-14)10-5-4-9(16)6-11(10)15/h4-8,12,19H,1-3H3. The van der Waals surface area contributed by atoms with Crippen LogP contribution in [0.25, 0.3) is 11.4 Å². The Bertz CT molecular complexity index is 591. The van der Waals surface area contributed by atoms with Gasteiger partial charge in [-0.15, -0.1) is 0 Å². The highest BCUT2D eigenvalue weighted by molar-refractivity contribution is 6.33. The minimum absolute atomic E-state index is 0.145. The van der Waals surface area contributed by atoms with Crippen LogP contribution in [-0.2, 0) is 0 Å². The fourth-order valence-corrected chi connectivity index (χ4v) is 2.45. The monoisotopic (exact) mass is 298 g/mol. The van der Waals surface area contributed by atoms with Crippen molar-refractivity contribution in [1.82, 2.24) is 10.1 Å². The van der Waals surface area contributed by atoms with E-state index < -0.39 is 11.9 Å². The van der Waals surface area contributed by atoms with E-state index in [-0.39, 0.29) is 22.7 Å². The summed E-state index contributed by atoms with van der Waals surface area (Å²) in [5, 5.41) is 13.9. The van der Waals surface area contributed by atoms with Gasteiger partial charge in [-0.25, -0.2) is 4.39 Å². The van der Waals surface area contributed by atoms with Crippen LogP contribution >= 0.6 is 11.6 Å². The Hall–Kier alpha value is -1.46. The van der Waals surface area contributed by atoms with Gasteiger partial charge in [0.1, 0.15) is 5.82 Å². The second kappa shape index (κ2) is 5.89. The van der Waals surface area contributed by atoms with Gasteiger partial charge in [-0.1, -0.05) is 30.6 Å². The number of hydrogen-bond acceptors (Lipinski definition) is 4. The summed E-state index contributed by atoms with van der Waals surface area (Å²) in [6, 6.07) is 3.98. The first kappa shape index (κ1) is 14.9. The predicted octanol–water partition coefficient (Wildman–Crippen LogP) is 3.65. The van der Waals surface area contributed by atoms with E-state index in [1.165, 1.54) is 18.2 Å². The van der Waals surface area contributed by atoms with E-state index in [2.05, 4.69) is 10.1 Å². The number of aromatic nitrogens is 2. The SMILES string of the molecule is CC(C)C(c1nc(-c2ccc(F)cc2Cl)no1)C(C)O. The topological polar surface area (TPSA) is 59.2 Å². The first-order chi connectivity index (χ1) is 9.40. The van der Waals surface area contributed by atoms with Crippen molar-refractivity contribution >= 4 is 11.6 Å². The molecule has 108 valence electrons. The first-order valence-corrected chi connectivity index (χ1v) is 6.75. The average Bonchev–Trinajstić information content (AvgIpc) is 2.76. The smallest absolute Gasteiger partial charge is 0.232 e. The molecule has 0 aliphatic carbocycles. The number of rotatable bonds is 4. The van der Waals surface area contributed by atoms with Crippen molar-refractivity contribution in [1.29, 1.82) is 0 Å². The van der Waals surface area contributed by atoms with Gasteiger partial charge in [0.25, 0.3) is 0 Å². The van der Waals surface area contributed by atoms with Gasteiger partial charge < -0.3 is 9.63 Å². The van der Waals surface area contributed by atoms with Gasteiger partial charge in [0.05, 0.1) is 17.0 Å². The summed E-state index contributed by atoms with van der Waals surface area (Å²) < 4.78 is 18.2. The number of aliphatic hydroxyl groups excluding tert-OH is 1. The second-order valence-electron chi connectivity index (χ2n) is 5.09. The zero-order valence-electron chi connectivity index (χ0n) is 11.5. The van der Waals surface area contributed by atoms with E-state index in [0.717, 1.165) is 0 Å². The molecule has 2 aromatic rings. The minimum atomic E-state index is -0.605. The molecule has 0 spiro atoms. The Morgan fingerprint density at radius 3 is 2.55 bits per heavy atom. The molecule has 1 heterocycles. The summed E-state index contributed by atoms with van der Waals surface area (Å²) in [5.74, 6) is 0.107. The van der Waals surface area contributed by atoms with Crippen LogP contribution in [0.15, 0.2) is 22.7 Å². The third-order valence-corrected chi connectivity index (χ3v) is 3.45.